The molecule has 59 heavy (non-hydrogen) atoms. The van der Waals surface area contributed by atoms with Gasteiger partial charge in [-0.05, 0) is 31.2 Å². The molecule has 7 nitrogen and oxygen atoms in total. The average molecular weight is 955 g/mol. The van der Waals surface area contributed by atoms with Crippen LogP contribution >= 0.6 is 14.3 Å². The summed E-state index contributed by atoms with van der Waals surface area (Å²) in [5.74, 6) is -1.13. The van der Waals surface area contributed by atoms with Gasteiger partial charge in [-0.25, -0.2) is 4.79 Å². The average Bonchev–Trinajstić information content (AvgIpc) is 3.84. The summed E-state index contributed by atoms with van der Waals surface area (Å²) in [5.41, 5.74) is -1.09. The molecule has 0 aliphatic carbocycles. The van der Waals surface area contributed by atoms with Crippen LogP contribution < -0.4 is 32.1 Å². The van der Waals surface area contributed by atoms with Crippen molar-refractivity contribution >= 4 is 57.6 Å². The molecule has 0 saturated carbocycles. The van der Waals surface area contributed by atoms with Gasteiger partial charge in [-0.3, -0.25) is 4.79 Å². The van der Waals surface area contributed by atoms with Gasteiger partial charge in [-0.2, -0.15) is 0 Å². The van der Waals surface area contributed by atoms with E-state index in [-0.39, 0.29) is 60.7 Å². The van der Waals surface area contributed by atoms with Gasteiger partial charge < -0.3 is 23.1 Å². The number of hydrogen-bond donors (Lipinski definition) is 1. The minimum absolute atomic E-state index is 0. The summed E-state index contributed by atoms with van der Waals surface area (Å²) in [6, 6.07) is 57.7. The first-order chi connectivity index (χ1) is 28.2. The molecule has 1 N–H and O–H groups in total. The van der Waals surface area contributed by atoms with Crippen LogP contribution in [0, 0.1) is 49.4 Å². The van der Waals surface area contributed by atoms with Gasteiger partial charge in [-0.15, -0.1) is 0 Å². The first-order valence-corrected chi connectivity index (χ1v) is 21.7. The van der Waals surface area contributed by atoms with Gasteiger partial charge in [0.05, 0.1) is 11.6 Å². The van der Waals surface area contributed by atoms with E-state index < -0.39 is 37.0 Å². The summed E-state index contributed by atoms with van der Waals surface area (Å²) in [6.45, 7) is 5.71. The Labute approximate surface area is 384 Å². The Morgan fingerprint density at radius 2 is 1.00 bits per heavy atom. The summed E-state index contributed by atoms with van der Waals surface area (Å²) in [6.07, 6.45) is 4.89. The maximum absolute atomic E-state index is 13.8. The van der Waals surface area contributed by atoms with E-state index in [2.05, 4.69) is 6.58 Å². The van der Waals surface area contributed by atoms with E-state index in [1.54, 1.807) is 24.3 Å². The summed E-state index contributed by atoms with van der Waals surface area (Å²) in [4.78, 5) is 23.9. The Morgan fingerprint density at radius 3 is 1.39 bits per heavy atom. The van der Waals surface area contributed by atoms with Crippen molar-refractivity contribution in [3.63, 3.8) is 0 Å². The van der Waals surface area contributed by atoms with E-state index >= 15 is 0 Å². The minimum Gasteiger partial charge on any atom is -0.506 e. The number of aromatic hydroxyl groups is 1. The third kappa shape index (κ3) is 9.99. The second kappa shape index (κ2) is 21.2. The molecule has 1 radical (unpaired) electrons. The molecular weight excluding hydrogens is 914 g/mol. The van der Waals surface area contributed by atoms with Crippen LogP contribution in [0.4, 0.5) is 0 Å². The molecule has 2 heterocycles. The normalized spacial score (nSPS) is 11.2. The van der Waals surface area contributed by atoms with Crippen molar-refractivity contribution in [3.8, 4) is 5.75 Å². The van der Waals surface area contributed by atoms with Crippen LogP contribution in [0.1, 0.15) is 23.0 Å². The van der Waals surface area contributed by atoms with Gasteiger partial charge in [0.15, 0.2) is 25.6 Å². The summed E-state index contributed by atoms with van der Waals surface area (Å²) >= 11 is 0. The number of hydrogen-bond acceptors (Lipinski definition) is 7. The molecular formula is C49H40EuO7P2. The number of rotatable bonds is 9. The van der Waals surface area contributed by atoms with Crippen molar-refractivity contribution in [1.82, 2.24) is 0 Å². The van der Waals surface area contributed by atoms with E-state index in [0.29, 0.717) is 5.39 Å². The predicted molar refractivity (Wildman–Crippen MR) is 236 cm³/mol. The third-order valence-electron chi connectivity index (χ3n) is 9.23. The molecule has 295 valence electrons. The molecule has 0 spiro atoms. The molecule has 6 aromatic carbocycles. The zero-order valence-corrected chi connectivity index (χ0v) is 36.2. The third-order valence-corrected chi connectivity index (χ3v) is 15.5. The van der Waals surface area contributed by atoms with Gasteiger partial charge >= 0.3 is 5.63 Å². The van der Waals surface area contributed by atoms with Gasteiger partial charge in [0.25, 0.3) is 0 Å². The van der Waals surface area contributed by atoms with Crippen molar-refractivity contribution in [3.05, 3.63) is 240 Å². The molecule has 0 unspecified atom stereocenters. The smallest absolute Gasteiger partial charge is 0.351 e. The monoisotopic (exact) mass is 955 g/mol. The van der Waals surface area contributed by atoms with Crippen molar-refractivity contribution in [2.45, 2.75) is 6.92 Å². The number of para-hydroxylation sites is 1. The summed E-state index contributed by atoms with van der Waals surface area (Å²) in [5, 5.41) is 15.5. The Hall–Kier alpha value is -5.20. The van der Waals surface area contributed by atoms with E-state index in [4.69, 9.17) is 8.83 Å². The Morgan fingerprint density at radius 1 is 0.593 bits per heavy atom. The number of carbonyl (C=O) groups excluding carboxylic acids is 1. The van der Waals surface area contributed by atoms with E-state index in [1.165, 1.54) is 24.5 Å². The molecule has 0 aliphatic rings. The van der Waals surface area contributed by atoms with Crippen molar-refractivity contribution in [2.24, 2.45) is 0 Å². The second-order valence-corrected chi connectivity index (χ2v) is 18.3. The Bertz CT molecular complexity index is 2640. The fourth-order valence-electron chi connectivity index (χ4n) is 6.38. The van der Waals surface area contributed by atoms with Crippen LogP contribution in [0.15, 0.2) is 232 Å². The Kier molecular flexibility index (Phi) is 16.1. The number of carbonyl (C=O) groups is 1. The van der Waals surface area contributed by atoms with Gasteiger partial charge in [0, 0.05) is 81.2 Å². The van der Waals surface area contributed by atoms with E-state index in [9.17, 15) is 23.8 Å². The SMILES string of the molecule is C=C/C(=C\C)P(=O)(c1ccccc1)c1ccccc1.O=C(c1ccco1)c1c(O)c2ccccc2oc1=O.O=P(c1ccccc1)(c1ccccc1)c1ccccc1.[Eu]. The molecule has 0 bridgehead atoms. The van der Waals surface area contributed by atoms with Crippen molar-refractivity contribution in [2.75, 3.05) is 0 Å². The topological polar surface area (TPSA) is 115 Å². The number of benzene rings is 6. The van der Waals surface area contributed by atoms with Gasteiger partial charge in [-0.1, -0.05) is 183 Å². The number of furan rings is 1. The second-order valence-electron chi connectivity index (χ2n) is 12.7. The maximum atomic E-state index is 13.8. The van der Waals surface area contributed by atoms with Crippen molar-refractivity contribution < 1.29 is 77.2 Å². The van der Waals surface area contributed by atoms with Gasteiger partial charge in [0.1, 0.15) is 11.3 Å². The molecule has 0 saturated heterocycles. The van der Waals surface area contributed by atoms with Crippen LogP contribution in [0.25, 0.3) is 11.0 Å². The fraction of sp³-hybridized carbons (Fsp3) is 0.0204. The predicted octanol–water partition coefficient (Wildman–Crippen LogP) is 9.74. The van der Waals surface area contributed by atoms with E-state index in [1.807, 2.05) is 165 Å². The number of fused-ring (bicyclic) bond motifs is 1. The molecule has 0 fully saturated rings. The standard InChI is InChI=1S/C18H15OP.C17H17OP.C14H8O5.Eu/c19-20(16-10-4-1-5-11-16,17-12-6-2-7-13-17)18-14-8-3-9-15-18;1-3-15(4-2)19(18,16-11-7-5-8-12-16)17-13-9-6-10-14-17;15-12-8-4-1-2-5-9(8)19-14(17)11(12)13(16)10-6-3-7-18-10;/h1-15H;3-14H,1H2,2H3;1-7,15H;/b;15-4+;;. The molecule has 2 aromatic heterocycles. The zero-order valence-electron chi connectivity index (χ0n) is 32.0. The maximum Gasteiger partial charge on any atom is 0.351 e. The van der Waals surface area contributed by atoms with Crippen molar-refractivity contribution in [1.29, 1.82) is 0 Å². The molecule has 8 rings (SSSR count). The zero-order chi connectivity index (χ0) is 41.0. The van der Waals surface area contributed by atoms with Gasteiger partial charge in [0.2, 0.25) is 5.78 Å². The van der Waals surface area contributed by atoms with Crippen LogP contribution in [0.2, 0.25) is 0 Å². The minimum atomic E-state index is -2.79. The van der Waals surface area contributed by atoms with Crippen LogP contribution in [0.5, 0.6) is 5.75 Å². The largest absolute Gasteiger partial charge is 0.506 e. The fourth-order valence-corrected chi connectivity index (χ4v) is 11.7. The van der Waals surface area contributed by atoms with Crippen LogP contribution in [-0.2, 0) is 9.13 Å². The number of ketones is 1. The van der Waals surface area contributed by atoms with E-state index in [0.717, 1.165) is 31.8 Å². The Balaban J connectivity index is 0.000000167. The molecule has 8 aromatic rings. The molecule has 0 atom stereocenters. The quantitative estimate of drug-likeness (QED) is 0.0664. The summed E-state index contributed by atoms with van der Waals surface area (Å²) in [7, 11) is -5.57. The molecule has 0 amide bonds. The molecule has 10 heteroatoms. The van der Waals surface area contributed by atoms with Crippen LogP contribution in [0.3, 0.4) is 0 Å². The number of allylic oxidation sites excluding steroid dienone is 3. The first-order valence-electron chi connectivity index (χ1n) is 18.3. The summed E-state index contributed by atoms with van der Waals surface area (Å²) < 4.78 is 37.4. The first kappa shape index (κ1) is 44.9. The van der Waals surface area contributed by atoms with Crippen LogP contribution in [-0.4, -0.2) is 10.9 Å². The molecule has 0 aliphatic heterocycles.